The van der Waals surface area contributed by atoms with Crippen LogP contribution in [0.4, 0.5) is 4.39 Å². The molecule has 8 heteroatoms. The number of hydrogen-bond donors (Lipinski definition) is 1. The predicted octanol–water partition coefficient (Wildman–Crippen LogP) is 4.29. The van der Waals surface area contributed by atoms with E-state index in [1.807, 2.05) is 13.0 Å². The minimum Gasteiger partial charge on any atom is -0.373 e. The summed E-state index contributed by atoms with van der Waals surface area (Å²) in [6.07, 6.45) is 1.21. The third-order valence-electron chi connectivity index (χ3n) is 5.82. The topological polar surface area (TPSA) is 58.9 Å². The molecule has 0 radical (unpaired) electrons. The van der Waals surface area contributed by atoms with Crippen LogP contribution in [0.3, 0.4) is 0 Å². The molecule has 0 aliphatic carbocycles. The van der Waals surface area contributed by atoms with Gasteiger partial charge in [-0.05, 0) is 50.1 Å². The molecule has 1 atom stereocenters. The zero-order valence-corrected chi connectivity index (χ0v) is 18.7. The highest BCUT2D eigenvalue weighted by atomic mass is 35.5. The third kappa shape index (κ3) is 4.00. The van der Waals surface area contributed by atoms with E-state index in [1.54, 1.807) is 12.1 Å². The van der Waals surface area contributed by atoms with Gasteiger partial charge in [0.05, 0.1) is 25.3 Å². The number of morpholine rings is 1. The number of nitrogens with zero attached hydrogens (tertiary/aromatic N) is 3. The van der Waals surface area contributed by atoms with Crippen LogP contribution in [0, 0.1) is 6.92 Å². The zero-order valence-electron chi connectivity index (χ0n) is 17.9. The average Bonchev–Trinajstić information content (AvgIpc) is 2.74. The van der Waals surface area contributed by atoms with Crippen molar-refractivity contribution in [3.8, 4) is 0 Å². The largest absolute Gasteiger partial charge is 0.373 e. The lowest BCUT2D eigenvalue weighted by molar-refractivity contribution is 0.0696. The molecule has 1 N–H and O–H groups in total. The molecule has 1 fully saturated rings. The zero-order chi connectivity index (χ0) is 22.3. The minimum atomic E-state index is -0.836. The number of halogens is 2. The number of nitrogens with one attached hydrogen (secondary N) is 1. The first-order valence-corrected chi connectivity index (χ1v) is 10.7. The number of aliphatic imine (C=N–C) groups is 1. The summed E-state index contributed by atoms with van der Waals surface area (Å²) in [6.45, 7) is 12.5. The molecule has 1 aromatic heterocycles. The van der Waals surface area contributed by atoms with Gasteiger partial charge in [-0.2, -0.15) is 0 Å². The Morgan fingerprint density at radius 2 is 2.19 bits per heavy atom. The Morgan fingerprint density at radius 1 is 1.42 bits per heavy atom. The maximum Gasteiger partial charge on any atom is 0.196 e. The smallest absolute Gasteiger partial charge is 0.196 e. The summed E-state index contributed by atoms with van der Waals surface area (Å²) in [4.78, 5) is 19.6. The second-order valence-corrected chi connectivity index (χ2v) is 8.54. The first-order valence-electron chi connectivity index (χ1n) is 10.3. The standard InChI is InChI=1S/C23H26ClFN4O2/c1-13(2)29-19-9-16(21-18(25)10-26-23(24)27-21)5-6-17(19)22(30)15(4)20(29)11-28-7-8-31-12-14(28)3/h5-6,9-10,13,21H,3,7-8,11-12H2,1-2,4H3,(H,26,27). The van der Waals surface area contributed by atoms with Crippen molar-refractivity contribution in [2.45, 2.75) is 39.4 Å². The monoisotopic (exact) mass is 444 g/mol. The number of hydrogen-bond acceptors (Lipinski definition) is 5. The Labute approximate surface area is 185 Å². The van der Waals surface area contributed by atoms with Crippen molar-refractivity contribution < 1.29 is 9.13 Å². The van der Waals surface area contributed by atoms with Crippen LogP contribution in [-0.2, 0) is 11.3 Å². The summed E-state index contributed by atoms with van der Waals surface area (Å²) >= 11 is 5.97. The fourth-order valence-corrected chi connectivity index (χ4v) is 4.35. The third-order valence-corrected chi connectivity index (χ3v) is 6.02. The van der Waals surface area contributed by atoms with Crippen LogP contribution >= 0.6 is 11.6 Å². The summed E-state index contributed by atoms with van der Waals surface area (Å²) in [6, 6.07) is 4.61. The lowest BCUT2D eigenvalue weighted by Crippen LogP contribution is -2.35. The van der Waals surface area contributed by atoms with Crippen LogP contribution in [0.25, 0.3) is 10.9 Å². The normalized spacial score (nSPS) is 19.5. The second kappa shape index (κ2) is 8.48. The Kier molecular flexibility index (Phi) is 5.90. The molecule has 31 heavy (non-hydrogen) atoms. The highest BCUT2D eigenvalue weighted by molar-refractivity contribution is 6.64. The molecule has 0 spiro atoms. The summed E-state index contributed by atoms with van der Waals surface area (Å²) in [5.41, 5.74) is 3.91. The fourth-order valence-electron chi connectivity index (χ4n) is 4.19. The maximum atomic E-state index is 14.5. The van der Waals surface area contributed by atoms with Crippen molar-refractivity contribution in [1.82, 2.24) is 14.8 Å². The molecule has 2 aromatic rings. The van der Waals surface area contributed by atoms with Crippen LogP contribution < -0.4 is 10.7 Å². The van der Waals surface area contributed by atoms with E-state index < -0.39 is 11.9 Å². The van der Waals surface area contributed by atoms with Crippen LogP contribution in [-0.4, -0.2) is 34.5 Å². The van der Waals surface area contributed by atoms with E-state index in [-0.39, 0.29) is 16.8 Å². The van der Waals surface area contributed by atoms with Crippen molar-refractivity contribution in [1.29, 1.82) is 0 Å². The molecule has 3 heterocycles. The number of pyridine rings is 1. The van der Waals surface area contributed by atoms with Crippen molar-refractivity contribution >= 4 is 27.8 Å². The van der Waals surface area contributed by atoms with Gasteiger partial charge in [-0.1, -0.05) is 12.6 Å². The molecule has 4 rings (SSSR count). The lowest BCUT2D eigenvalue weighted by Gasteiger charge is -2.33. The van der Waals surface area contributed by atoms with E-state index in [0.717, 1.165) is 23.5 Å². The summed E-state index contributed by atoms with van der Waals surface area (Å²) < 4.78 is 22.1. The number of aromatic nitrogens is 1. The molecule has 0 saturated carbocycles. The second-order valence-electron chi connectivity index (χ2n) is 8.18. The number of ether oxygens (including phenoxy) is 1. The molecular formula is C23H26ClFN4O2. The van der Waals surface area contributed by atoms with Crippen molar-refractivity contribution in [3.05, 3.63) is 69.5 Å². The van der Waals surface area contributed by atoms with E-state index in [2.05, 4.69) is 40.2 Å². The average molecular weight is 445 g/mol. The summed E-state index contributed by atoms with van der Waals surface area (Å²) in [5, 5.41) is 3.31. The molecule has 164 valence electrons. The Hall–Kier alpha value is -2.64. The predicted molar refractivity (Wildman–Crippen MR) is 122 cm³/mol. The molecule has 0 bridgehead atoms. The number of fused-ring (bicyclic) bond motifs is 1. The van der Waals surface area contributed by atoms with Gasteiger partial charge in [0.15, 0.2) is 10.7 Å². The molecule has 0 amide bonds. The highest BCUT2D eigenvalue weighted by Crippen LogP contribution is 2.32. The van der Waals surface area contributed by atoms with Gasteiger partial charge in [0.25, 0.3) is 0 Å². The molecule has 2 aliphatic heterocycles. The Balaban J connectivity index is 1.90. The van der Waals surface area contributed by atoms with E-state index in [4.69, 9.17) is 16.3 Å². The Morgan fingerprint density at radius 3 is 2.90 bits per heavy atom. The van der Waals surface area contributed by atoms with Gasteiger partial charge in [-0.15, -0.1) is 0 Å². The first kappa shape index (κ1) is 21.6. The van der Waals surface area contributed by atoms with Crippen LogP contribution in [0.1, 0.15) is 42.8 Å². The Bertz CT molecular complexity index is 1170. The van der Waals surface area contributed by atoms with Crippen molar-refractivity contribution in [2.24, 2.45) is 4.99 Å². The SMILES string of the molecule is C=C1COCCN1Cc1c(C)c(=O)c2ccc(C3N=C(Cl)NC=C3F)cc2n1C(C)C. The fraction of sp³-hybridized carbons (Fsp3) is 0.391. The van der Waals surface area contributed by atoms with Crippen LogP contribution in [0.5, 0.6) is 0 Å². The first-order chi connectivity index (χ1) is 14.8. The van der Waals surface area contributed by atoms with Gasteiger partial charge in [0, 0.05) is 41.1 Å². The molecule has 1 aromatic carbocycles. The molecular weight excluding hydrogens is 419 g/mol. The lowest BCUT2D eigenvalue weighted by atomic mass is 10.0. The quantitative estimate of drug-likeness (QED) is 0.715. The van der Waals surface area contributed by atoms with Crippen LogP contribution in [0.2, 0.25) is 0 Å². The van der Waals surface area contributed by atoms with E-state index in [9.17, 15) is 9.18 Å². The minimum absolute atomic E-state index is 0.0184. The van der Waals surface area contributed by atoms with Crippen LogP contribution in [0.15, 0.2) is 52.3 Å². The highest BCUT2D eigenvalue weighted by Gasteiger charge is 2.24. The van der Waals surface area contributed by atoms with Crippen molar-refractivity contribution in [2.75, 3.05) is 19.8 Å². The van der Waals surface area contributed by atoms with E-state index in [0.29, 0.717) is 36.3 Å². The van der Waals surface area contributed by atoms with Gasteiger partial charge >= 0.3 is 0 Å². The number of amidine groups is 1. The van der Waals surface area contributed by atoms with E-state index in [1.165, 1.54) is 6.20 Å². The van der Waals surface area contributed by atoms with Crippen molar-refractivity contribution in [3.63, 3.8) is 0 Å². The summed E-state index contributed by atoms with van der Waals surface area (Å²) in [7, 11) is 0. The van der Waals surface area contributed by atoms with Gasteiger partial charge in [0.2, 0.25) is 0 Å². The van der Waals surface area contributed by atoms with E-state index >= 15 is 0 Å². The number of benzene rings is 1. The maximum absolute atomic E-state index is 14.5. The summed E-state index contributed by atoms with van der Waals surface area (Å²) in [5.74, 6) is -0.431. The number of rotatable bonds is 4. The molecule has 6 nitrogen and oxygen atoms in total. The van der Waals surface area contributed by atoms with Gasteiger partial charge < -0.3 is 19.5 Å². The molecule has 1 unspecified atom stereocenters. The molecule has 1 saturated heterocycles. The van der Waals surface area contributed by atoms with Gasteiger partial charge in [0.1, 0.15) is 11.9 Å². The molecule has 2 aliphatic rings. The van der Waals surface area contributed by atoms with Gasteiger partial charge in [-0.25, -0.2) is 9.38 Å². The van der Waals surface area contributed by atoms with Gasteiger partial charge in [-0.3, -0.25) is 4.79 Å².